The number of para-hydroxylation sites is 1. The number of amides is 2. The minimum atomic E-state index is -0.279. The molecule has 2 aromatic carbocycles. The van der Waals surface area contributed by atoms with Gasteiger partial charge >= 0.3 is 0 Å². The molecule has 1 atom stereocenters. The molecule has 0 aliphatic carbocycles. The van der Waals surface area contributed by atoms with Crippen molar-refractivity contribution in [3.63, 3.8) is 0 Å². The van der Waals surface area contributed by atoms with Crippen molar-refractivity contribution in [2.24, 2.45) is 5.92 Å². The molecule has 7 heteroatoms. The third-order valence-electron chi connectivity index (χ3n) is 5.63. The standard InChI is InChI=1S/C25H26FN3O3/c26-20-11-9-18(10-12-20)16-29-13-3-5-19(17-29)24(30)28-23-8-2-1-7-22(23)25(31)27-15-21-6-4-14-32-21/h1-2,4,6-12,14,19H,3,5,13,15-17H2,(H,27,31)(H,28,30)/t19-/m1/s1. The summed E-state index contributed by atoms with van der Waals surface area (Å²) in [5.41, 5.74) is 1.92. The Labute approximate surface area is 186 Å². The normalized spacial score (nSPS) is 16.5. The minimum absolute atomic E-state index is 0.0971. The third kappa shape index (κ3) is 5.62. The fraction of sp³-hybridized carbons (Fsp3) is 0.280. The van der Waals surface area contributed by atoms with E-state index in [0.717, 1.165) is 24.9 Å². The Bertz CT molecular complexity index is 1050. The van der Waals surface area contributed by atoms with E-state index < -0.39 is 0 Å². The highest BCUT2D eigenvalue weighted by Gasteiger charge is 2.26. The van der Waals surface area contributed by atoms with Crippen molar-refractivity contribution in [2.45, 2.75) is 25.9 Å². The van der Waals surface area contributed by atoms with Crippen LogP contribution in [0, 0.1) is 11.7 Å². The van der Waals surface area contributed by atoms with Crippen LogP contribution in [0.3, 0.4) is 0 Å². The second-order valence-electron chi connectivity index (χ2n) is 8.00. The van der Waals surface area contributed by atoms with Gasteiger partial charge in [-0.25, -0.2) is 4.39 Å². The van der Waals surface area contributed by atoms with Gasteiger partial charge in [0.2, 0.25) is 5.91 Å². The molecule has 6 nitrogen and oxygen atoms in total. The molecule has 3 aromatic rings. The van der Waals surface area contributed by atoms with Crippen LogP contribution in [-0.4, -0.2) is 29.8 Å². The first-order chi connectivity index (χ1) is 15.6. The van der Waals surface area contributed by atoms with Gasteiger partial charge in [0.1, 0.15) is 11.6 Å². The van der Waals surface area contributed by atoms with Gasteiger partial charge in [0.05, 0.1) is 30.0 Å². The van der Waals surface area contributed by atoms with Gasteiger partial charge in [-0.1, -0.05) is 24.3 Å². The van der Waals surface area contributed by atoms with Crippen LogP contribution >= 0.6 is 0 Å². The molecule has 1 aliphatic rings. The molecule has 2 amide bonds. The minimum Gasteiger partial charge on any atom is -0.467 e. The Morgan fingerprint density at radius 2 is 1.88 bits per heavy atom. The molecule has 2 heterocycles. The predicted molar refractivity (Wildman–Crippen MR) is 119 cm³/mol. The van der Waals surface area contributed by atoms with Crippen LogP contribution in [0.15, 0.2) is 71.3 Å². The van der Waals surface area contributed by atoms with Gasteiger partial charge in [0.25, 0.3) is 5.91 Å². The maximum Gasteiger partial charge on any atom is 0.253 e. The molecule has 4 rings (SSSR count). The molecule has 0 saturated carbocycles. The van der Waals surface area contributed by atoms with Gasteiger partial charge in [0, 0.05) is 13.1 Å². The molecule has 1 fully saturated rings. The van der Waals surface area contributed by atoms with Gasteiger partial charge in [-0.2, -0.15) is 0 Å². The molecular formula is C25H26FN3O3. The number of likely N-dealkylation sites (tertiary alicyclic amines) is 1. The van der Waals surface area contributed by atoms with E-state index >= 15 is 0 Å². The average molecular weight is 435 g/mol. The number of nitrogens with one attached hydrogen (secondary N) is 2. The number of hydrogen-bond acceptors (Lipinski definition) is 4. The second-order valence-corrected chi connectivity index (χ2v) is 8.00. The van der Waals surface area contributed by atoms with E-state index in [-0.39, 0.29) is 30.1 Å². The first-order valence-corrected chi connectivity index (χ1v) is 10.8. The summed E-state index contributed by atoms with van der Waals surface area (Å²) in [6, 6.07) is 17.0. The number of nitrogens with zero attached hydrogens (tertiary/aromatic N) is 1. The number of furan rings is 1. The zero-order valence-electron chi connectivity index (χ0n) is 17.7. The van der Waals surface area contributed by atoms with E-state index in [1.807, 2.05) is 0 Å². The van der Waals surface area contributed by atoms with Crippen molar-refractivity contribution < 1.29 is 18.4 Å². The fourth-order valence-corrected chi connectivity index (χ4v) is 3.96. The zero-order valence-corrected chi connectivity index (χ0v) is 17.7. The number of benzene rings is 2. The first-order valence-electron chi connectivity index (χ1n) is 10.8. The Morgan fingerprint density at radius 3 is 2.66 bits per heavy atom. The van der Waals surface area contributed by atoms with E-state index in [1.54, 1.807) is 54.8 Å². The van der Waals surface area contributed by atoms with Crippen molar-refractivity contribution >= 4 is 17.5 Å². The summed E-state index contributed by atoms with van der Waals surface area (Å²) in [5, 5.41) is 5.76. The molecule has 1 aliphatic heterocycles. The molecule has 0 spiro atoms. The van der Waals surface area contributed by atoms with Crippen LogP contribution in [0.1, 0.15) is 34.5 Å². The lowest BCUT2D eigenvalue weighted by molar-refractivity contribution is -0.121. The lowest BCUT2D eigenvalue weighted by Crippen LogP contribution is -2.40. The van der Waals surface area contributed by atoms with E-state index in [0.29, 0.717) is 30.1 Å². The number of halogens is 1. The molecular weight excluding hydrogens is 409 g/mol. The Balaban J connectivity index is 1.36. The largest absolute Gasteiger partial charge is 0.467 e. The summed E-state index contributed by atoms with van der Waals surface area (Å²) in [4.78, 5) is 27.9. The van der Waals surface area contributed by atoms with Gasteiger partial charge in [0.15, 0.2) is 0 Å². The van der Waals surface area contributed by atoms with Gasteiger partial charge in [-0.15, -0.1) is 0 Å². The number of anilines is 1. The monoisotopic (exact) mass is 435 g/mol. The fourth-order valence-electron chi connectivity index (χ4n) is 3.96. The smallest absolute Gasteiger partial charge is 0.253 e. The SMILES string of the molecule is O=C(NCc1ccco1)c1ccccc1NC(=O)[C@@H]1CCCN(Cc2ccc(F)cc2)C1. The average Bonchev–Trinajstić information content (AvgIpc) is 3.33. The van der Waals surface area contributed by atoms with E-state index in [4.69, 9.17) is 4.42 Å². The summed E-state index contributed by atoms with van der Waals surface area (Å²) in [7, 11) is 0. The van der Waals surface area contributed by atoms with Gasteiger partial charge in [-0.05, 0) is 61.3 Å². The number of carbonyl (C=O) groups is 2. The molecule has 0 unspecified atom stereocenters. The molecule has 166 valence electrons. The Morgan fingerprint density at radius 1 is 1.06 bits per heavy atom. The lowest BCUT2D eigenvalue weighted by Gasteiger charge is -2.32. The quantitative estimate of drug-likeness (QED) is 0.583. The van der Waals surface area contributed by atoms with Crippen molar-refractivity contribution in [3.8, 4) is 0 Å². The molecule has 0 radical (unpaired) electrons. The van der Waals surface area contributed by atoms with Crippen LogP contribution in [0.25, 0.3) is 0 Å². The molecule has 1 aromatic heterocycles. The number of piperidine rings is 1. The van der Waals surface area contributed by atoms with Crippen molar-refractivity contribution in [2.75, 3.05) is 18.4 Å². The van der Waals surface area contributed by atoms with Crippen molar-refractivity contribution in [3.05, 3.63) is 89.6 Å². The van der Waals surface area contributed by atoms with Crippen molar-refractivity contribution in [1.82, 2.24) is 10.2 Å². The Kier molecular flexibility index (Phi) is 6.97. The van der Waals surface area contributed by atoms with Crippen LogP contribution in [0.2, 0.25) is 0 Å². The van der Waals surface area contributed by atoms with E-state index in [2.05, 4.69) is 15.5 Å². The third-order valence-corrected chi connectivity index (χ3v) is 5.63. The maximum atomic E-state index is 13.1. The highest BCUT2D eigenvalue weighted by Crippen LogP contribution is 2.22. The number of carbonyl (C=O) groups excluding carboxylic acids is 2. The first kappa shape index (κ1) is 21.8. The molecule has 2 N–H and O–H groups in total. The number of rotatable bonds is 7. The summed E-state index contributed by atoms with van der Waals surface area (Å²) >= 11 is 0. The van der Waals surface area contributed by atoms with Crippen molar-refractivity contribution in [1.29, 1.82) is 0 Å². The lowest BCUT2D eigenvalue weighted by atomic mass is 9.96. The van der Waals surface area contributed by atoms with Gasteiger partial charge < -0.3 is 15.1 Å². The topological polar surface area (TPSA) is 74.6 Å². The summed E-state index contributed by atoms with van der Waals surface area (Å²) in [5.74, 6) is -0.151. The summed E-state index contributed by atoms with van der Waals surface area (Å²) < 4.78 is 18.4. The molecule has 0 bridgehead atoms. The van der Waals surface area contributed by atoms with Crippen LogP contribution in [0.5, 0.6) is 0 Å². The maximum absolute atomic E-state index is 13.1. The van der Waals surface area contributed by atoms with Crippen LogP contribution in [0.4, 0.5) is 10.1 Å². The van der Waals surface area contributed by atoms with Crippen LogP contribution in [-0.2, 0) is 17.9 Å². The summed E-state index contributed by atoms with van der Waals surface area (Å²) in [6.07, 6.45) is 3.25. The number of hydrogen-bond donors (Lipinski definition) is 2. The highest BCUT2D eigenvalue weighted by molar-refractivity contribution is 6.04. The zero-order chi connectivity index (χ0) is 22.3. The molecule has 32 heavy (non-hydrogen) atoms. The van der Waals surface area contributed by atoms with E-state index in [9.17, 15) is 14.0 Å². The molecule has 1 saturated heterocycles. The van der Waals surface area contributed by atoms with Gasteiger partial charge in [-0.3, -0.25) is 14.5 Å². The van der Waals surface area contributed by atoms with E-state index in [1.165, 1.54) is 12.1 Å². The second kappa shape index (κ2) is 10.2. The Hall–Kier alpha value is -3.45. The highest BCUT2D eigenvalue weighted by atomic mass is 19.1. The summed E-state index contributed by atoms with van der Waals surface area (Å²) in [6.45, 7) is 2.47. The van der Waals surface area contributed by atoms with Crippen LogP contribution < -0.4 is 10.6 Å². The predicted octanol–water partition coefficient (Wildman–Crippen LogP) is 4.20.